The SMILES string of the molecule is COCOc1cc(B2OC(C)(C)C(C)(C)O2)c2c(CCCCC(=O)OC)cccc2c1. The summed E-state index contributed by atoms with van der Waals surface area (Å²) in [5.74, 6) is 0.540. The number of carbonyl (C=O) groups is 1. The number of aryl methyl sites for hydroxylation is 1. The third kappa shape index (κ3) is 5.22. The van der Waals surface area contributed by atoms with Gasteiger partial charge in [0.2, 0.25) is 0 Å². The Balaban J connectivity index is 1.97. The van der Waals surface area contributed by atoms with Gasteiger partial charge >= 0.3 is 13.1 Å². The lowest BCUT2D eigenvalue weighted by molar-refractivity contribution is -0.140. The zero-order valence-corrected chi connectivity index (χ0v) is 19.4. The summed E-state index contributed by atoms with van der Waals surface area (Å²) in [4.78, 5) is 11.4. The molecule has 0 unspecified atom stereocenters. The van der Waals surface area contributed by atoms with E-state index >= 15 is 0 Å². The summed E-state index contributed by atoms with van der Waals surface area (Å²) in [5.41, 5.74) is 1.27. The van der Waals surface area contributed by atoms with Crippen molar-refractivity contribution in [2.24, 2.45) is 0 Å². The molecule has 0 saturated carbocycles. The number of unbranched alkanes of at least 4 members (excludes halogenated alkanes) is 1. The van der Waals surface area contributed by atoms with Crippen LogP contribution < -0.4 is 10.2 Å². The summed E-state index contributed by atoms with van der Waals surface area (Å²) in [6, 6.07) is 10.3. The Bertz CT molecular complexity index is 908. The van der Waals surface area contributed by atoms with Crippen molar-refractivity contribution in [1.82, 2.24) is 0 Å². The van der Waals surface area contributed by atoms with Crippen molar-refractivity contribution in [3.05, 3.63) is 35.9 Å². The van der Waals surface area contributed by atoms with Gasteiger partial charge in [-0.25, -0.2) is 0 Å². The maximum Gasteiger partial charge on any atom is 0.495 e. The highest BCUT2D eigenvalue weighted by Crippen LogP contribution is 2.38. The Kier molecular flexibility index (Phi) is 7.29. The number of carbonyl (C=O) groups excluding carboxylic acids is 1. The first-order valence-corrected chi connectivity index (χ1v) is 10.8. The van der Waals surface area contributed by atoms with Gasteiger partial charge < -0.3 is 23.5 Å². The van der Waals surface area contributed by atoms with E-state index in [1.807, 2.05) is 45.9 Å². The molecule has 0 atom stereocenters. The van der Waals surface area contributed by atoms with E-state index in [4.69, 9.17) is 23.5 Å². The normalized spacial score (nSPS) is 17.2. The first-order valence-electron chi connectivity index (χ1n) is 10.8. The molecule has 31 heavy (non-hydrogen) atoms. The second-order valence-electron chi connectivity index (χ2n) is 8.95. The first-order chi connectivity index (χ1) is 14.7. The molecule has 1 saturated heterocycles. The van der Waals surface area contributed by atoms with Crippen LogP contribution in [0.25, 0.3) is 10.8 Å². The highest BCUT2D eigenvalue weighted by atomic mass is 16.7. The Morgan fingerprint density at radius 2 is 1.74 bits per heavy atom. The number of methoxy groups -OCH3 is 2. The lowest BCUT2D eigenvalue weighted by Gasteiger charge is -2.32. The van der Waals surface area contributed by atoms with E-state index in [1.54, 1.807) is 7.11 Å². The summed E-state index contributed by atoms with van der Waals surface area (Å²) < 4.78 is 28.3. The van der Waals surface area contributed by atoms with Gasteiger partial charge in [-0.3, -0.25) is 4.79 Å². The summed E-state index contributed by atoms with van der Waals surface area (Å²) >= 11 is 0. The van der Waals surface area contributed by atoms with Gasteiger partial charge in [0.15, 0.2) is 6.79 Å². The second kappa shape index (κ2) is 9.59. The third-order valence-electron chi connectivity index (χ3n) is 6.22. The van der Waals surface area contributed by atoms with Gasteiger partial charge in [-0.1, -0.05) is 18.2 Å². The van der Waals surface area contributed by atoms with Gasteiger partial charge in [0.25, 0.3) is 0 Å². The minimum absolute atomic E-state index is 0.168. The van der Waals surface area contributed by atoms with Crippen LogP contribution in [0.1, 0.15) is 52.5 Å². The predicted molar refractivity (Wildman–Crippen MR) is 122 cm³/mol. The molecule has 1 aliphatic rings. The second-order valence-corrected chi connectivity index (χ2v) is 8.95. The van der Waals surface area contributed by atoms with Crippen LogP contribution in [0.5, 0.6) is 5.75 Å². The molecule has 1 fully saturated rings. The fraction of sp³-hybridized carbons (Fsp3) is 0.542. The molecule has 3 rings (SSSR count). The van der Waals surface area contributed by atoms with Gasteiger partial charge in [-0.15, -0.1) is 0 Å². The summed E-state index contributed by atoms with van der Waals surface area (Å²) in [6.07, 6.45) is 2.95. The number of ether oxygens (including phenoxy) is 3. The van der Waals surface area contributed by atoms with Crippen molar-refractivity contribution in [2.75, 3.05) is 21.0 Å². The van der Waals surface area contributed by atoms with Crippen LogP contribution >= 0.6 is 0 Å². The maximum atomic E-state index is 11.4. The van der Waals surface area contributed by atoms with Gasteiger partial charge in [0.05, 0.1) is 18.3 Å². The molecule has 6 nitrogen and oxygen atoms in total. The van der Waals surface area contributed by atoms with E-state index in [0.717, 1.165) is 35.5 Å². The van der Waals surface area contributed by atoms with Gasteiger partial charge in [0, 0.05) is 13.5 Å². The lowest BCUT2D eigenvalue weighted by Crippen LogP contribution is -2.41. The molecule has 0 spiro atoms. The number of fused-ring (bicyclic) bond motifs is 1. The minimum Gasteiger partial charge on any atom is -0.469 e. The Labute approximate surface area is 185 Å². The molecule has 0 bridgehead atoms. The topological polar surface area (TPSA) is 63.2 Å². The summed E-state index contributed by atoms with van der Waals surface area (Å²) in [5, 5.41) is 2.17. The molecule has 1 heterocycles. The molecule has 7 heteroatoms. The van der Waals surface area contributed by atoms with Crippen LogP contribution in [0, 0.1) is 0 Å². The number of hydrogen-bond donors (Lipinski definition) is 0. The molecule has 0 radical (unpaired) electrons. The standard InChI is InChI=1S/C24H33BO6/c1-23(2)24(3,4)31-25(30-23)20-15-19(29-16-27-5)14-18-12-9-11-17(22(18)20)10-7-8-13-21(26)28-6/h9,11-12,14-15H,7-8,10,13,16H2,1-6H3. The Morgan fingerprint density at radius 3 is 2.39 bits per heavy atom. The van der Waals surface area contributed by atoms with Crippen LogP contribution in [0.4, 0.5) is 0 Å². The van der Waals surface area contributed by atoms with E-state index in [0.29, 0.717) is 12.2 Å². The molecule has 2 aromatic rings. The van der Waals surface area contributed by atoms with E-state index in [1.165, 1.54) is 12.7 Å². The fourth-order valence-corrected chi connectivity index (χ4v) is 3.77. The number of esters is 1. The molecular formula is C24H33BO6. The van der Waals surface area contributed by atoms with Gasteiger partial charge in [0.1, 0.15) is 5.75 Å². The zero-order chi connectivity index (χ0) is 22.6. The first kappa shape index (κ1) is 23.6. The molecule has 0 amide bonds. The highest BCUT2D eigenvalue weighted by molar-refractivity contribution is 6.65. The molecule has 0 N–H and O–H groups in total. The molecule has 2 aromatic carbocycles. The monoisotopic (exact) mass is 428 g/mol. The number of rotatable bonds is 9. The summed E-state index contributed by atoms with van der Waals surface area (Å²) in [6.45, 7) is 8.37. The van der Waals surface area contributed by atoms with Crippen LogP contribution in [0.3, 0.4) is 0 Å². The smallest absolute Gasteiger partial charge is 0.469 e. The largest absolute Gasteiger partial charge is 0.495 e. The van der Waals surface area contributed by atoms with Gasteiger partial charge in [-0.2, -0.15) is 0 Å². The molecule has 1 aliphatic heterocycles. The van der Waals surface area contributed by atoms with Crippen LogP contribution in [0.2, 0.25) is 0 Å². The molecule has 168 valence electrons. The Morgan fingerprint density at radius 1 is 1.03 bits per heavy atom. The zero-order valence-electron chi connectivity index (χ0n) is 19.4. The van der Waals surface area contributed by atoms with Crippen molar-refractivity contribution < 1.29 is 28.3 Å². The minimum atomic E-state index is -0.505. The quantitative estimate of drug-likeness (QED) is 0.260. The van der Waals surface area contributed by atoms with Crippen molar-refractivity contribution in [3.63, 3.8) is 0 Å². The molecule has 0 aliphatic carbocycles. The summed E-state index contributed by atoms with van der Waals surface area (Å²) in [7, 11) is 2.52. The number of benzene rings is 2. The van der Waals surface area contributed by atoms with Crippen molar-refractivity contribution in [1.29, 1.82) is 0 Å². The number of hydrogen-bond acceptors (Lipinski definition) is 6. The maximum absolute atomic E-state index is 11.4. The van der Waals surface area contributed by atoms with Crippen molar-refractivity contribution in [2.45, 2.75) is 64.6 Å². The Hall–Kier alpha value is -2.09. The third-order valence-corrected chi connectivity index (χ3v) is 6.22. The molecule has 0 aromatic heterocycles. The van der Waals surface area contributed by atoms with E-state index in [9.17, 15) is 4.79 Å². The fourth-order valence-electron chi connectivity index (χ4n) is 3.77. The van der Waals surface area contributed by atoms with E-state index in [2.05, 4.69) is 12.1 Å². The van der Waals surface area contributed by atoms with Gasteiger partial charge in [-0.05, 0) is 80.9 Å². The predicted octanol–water partition coefficient (Wildman–Crippen LogP) is 4.01. The highest BCUT2D eigenvalue weighted by Gasteiger charge is 2.52. The average molecular weight is 428 g/mol. The van der Waals surface area contributed by atoms with Crippen molar-refractivity contribution >= 4 is 29.3 Å². The van der Waals surface area contributed by atoms with Crippen LogP contribution in [-0.2, 0) is 30.0 Å². The van der Waals surface area contributed by atoms with E-state index < -0.39 is 18.3 Å². The van der Waals surface area contributed by atoms with E-state index in [-0.39, 0.29) is 12.8 Å². The average Bonchev–Trinajstić information content (AvgIpc) is 2.95. The van der Waals surface area contributed by atoms with Crippen LogP contribution in [0.15, 0.2) is 30.3 Å². The van der Waals surface area contributed by atoms with Crippen molar-refractivity contribution in [3.8, 4) is 5.75 Å². The molecular weight excluding hydrogens is 395 g/mol. The van der Waals surface area contributed by atoms with Crippen LogP contribution in [-0.4, -0.2) is 45.3 Å². The lowest BCUT2D eigenvalue weighted by atomic mass is 9.74.